The van der Waals surface area contributed by atoms with Crippen LogP contribution in [0.5, 0.6) is 0 Å². The van der Waals surface area contributed by atoms with Gasteiger partial charge in [-0.15, -0.1) is 0 Å². The molecule has 1 aliphatic heterocycles. The molecule has 3 rings (SSSR count). The number of Topliss-reactive ketones (excluding diaryl/α,β-unsaturated/α-hetero) is 1. The Labute approximate surface area is 171 Å². The summed E-state index contributed by atoms with van der Waals surface area (Å²) in [4.78, 5) is 35.9. The first-order valence-electron chi connectivity index (χ1n) is 9.75. The lowest BCUT2D eigenvalue weighted by atomic mass is 10.0. The minimum atomic E-state index is -0.617. The van der Waals surface area contributed by atoms with Crippen LogP contribution in [0.1, 0.15) is 43.2 Å². The molecule has 0 saturated carbocycles. The summed E-state index contributed by atoms with van der Waals surface area (Å²) in [5.74, 6) is -0.144. The van der Waals surface area contributed by atoms with Crippen molar-refractivity contribution in [1.29, 1.82) is 0 Å². The minimum Gasteiger partial charge on any atom is -0.460 e. The lowest BCUT2D eigenvalue weighted by Gasteiger charge is -2.27. The fourth-order valence-electron chi connectivity index (χ4n) is 3.07. The smallest absolute Gasteiger partial charge is 0.314 e. The maximum atomic E-state index is 12.5. The van der Waals surface area contributed by atoms with Crippen LogP contribution in [-0.2, 0) is 14.3 Å². The van der Waals surface area contributed by atoms with Crippen molar-refractivity contribution in [2.75, 3.05) is 31.2 Å². The predicted molar refractivity (Wildman–Crippen MR) is 110 cm³/mol. The molecule has 0 atom stereocenters. The highest BCUT2D eigenvalue weighted by atomic mass is 16.6. The second-order valence-corrected chi connectivity index (χ2v) is 8.06. The van der Waals surface area contributed by atoms with Crippen molar-refractivity contribution in [3.05, 3.63) is 41.6 Å². The van der Waals surface area contributed by atoms with Crippen LogP contribution < -0.4 is 4.90 Å². The van der Waals surface area contributed by atoms with Crippen LogP contribution in [0.15, 0.2) is 30.3 Å². The normalized spacial score (nSPS) is 14.6. The topological polar surface area (TPSA) is 81.6 Å². The minimum absolute atomic E-state index is 0.278. The van der Waals surface area contributed by atoms with Crippen molar-refractivity contribution in [3.63, 3.8) is 0 Å². The quantitative estimate of drug-likeness (QED) is 0.435. The molecule has 1 aromatic heterocycles. The van der Waals surface area contributed by atoms with E-state index in [0.29, 0.717) is 24.7 Å². The zero-order valence-corrected chi connectivity index (χ0v) is 17.4. The van der Waals surface area contributed by atoms with E-state index in [-0.39, 0.29) is 12.2 Å². The van der Waals surface area contributed by atoms with Crippen molar-refractivity contribution < 1.29 is 19.1 Å². The van der Waals surface area contributed by atoms with Crippen molar-refractivity contribution in [3.8, 4) is 11.3 Å². The summed E-state index contributed by atoms with van der Waals surface area (Å²) in [6.07, 6.45) is -0.289. The van der Waals surface area contributed by atoms with E-state index >= 15 is 0 Å². The second-order valence-electron chi connectivity index (χ2n) is 8.06. The second kappa shape index (κ2) is 8.69. The third-order valence-electron chi connectivity index (χ3n) is 4.34. The maximum absolute atomic E-state index is 12.5. The summed E-state index contributed by atoms with van der Waals surface area (Å²) < 4.78 is 10.6. The van der Waals surface area contributed by atoms with Crippen molar-refractivity contribution >= 4 is 17.7 Å². The molecule has 1 aromatic carbocycles. The molecule has 0 amide bonds. The van der Waals surface area contributed by atoms with Gasteiger partial charge in [-0.05, 0) is 39.8 Å². The van der Waals surface area contributed by atoms with Gasteiger partial charge in [0.2, 0.25) is 5.95 Å². The van der Waals surface area contributed by atoms with Gasteiger partial charge in [0, 0.05) is 29.9 Å². The lowest BCUT2D eigenvalue weighted by Crippen LogP contribution is -2.37. The fourth-order valence-corrected chi connectivity index (χ4v) is 3.07. The number of carbonyl (C=O) groups is 2. The van der Waals surface area contributed by atoms with Gasteiger partial charge in [-0.1, -0.05) is 18.2 Å². The van der Waals surface area contributed by atoms with Gasteiger partial charge in [0.15, 0.2) is 5.78 Å². The molecule has 0 N–H and O–H groups in total. The highest BCUT2D eigenvalue weighted by Crippen LogP contribution is 2.23. The van der Waals surface area contributed by atoms with Crippen LogP contribution >= 0.6 is 0 Å². The SMILES string of the molecule is Cc1cc(-c2cccc(C(=O)CC(=O)OC(C)(C)C)c2)nc(N2CCOCC2)n1. The number of morpholine rings is 1. The van der Waals surface area contributed by atoms with E-state index in [2.05, 4.69) is 9.88 Å². The van der Waals surface area contributed by atoms with E-state index in [1.54, 1.807) is 39.0 Å². The maximum Gasteiger partial charge on any atom is 0.314 e. The molecular weight excluding hydrogens is 370 g/mol. The van der Waals surface area contributed by atoms with E-state index in [0.717, 1.165) is 30.0 Å². The molecule has 0 bridgehead atoms. The van der Waals surface area contributed by atoms with Crippen LogP contribution in [0, 0.1) is 6.92 Å². The molecule has 1 saturated heterocycles. The number of benzene rings is 1. The summed E-state index contributed by atoms with van der Waals surface area (Å²) >= 11 is 0. The van der Waals surface area contributed by atoms with E-state index in [4.69, 9.17) is 14.5 Å². The van der Waals surface area contributed by atoms with Gasteiger partial charge in [-0.2, -0.15) is 0 Å². The number of ether oxygens (including phenoxy) is 2. The van der Waals surface area contributed by atoms with Crippen molar-refractivity contribution in [2.45, 2.75) is 39.7 Å². The molecule has 0 radical (unpaired) electrons. The summed E-state index contributed by atoms with van der Waals surface area (Å²) in [5, 5.41) is 0. The third-order valence-corrected chi connectivity index (χ3v) is 4.34. The van der Waals surface area contributed by atoms with Gasteiger partial charge < -0.3 is 14.4 Å². The molecule has 2 heterocycles. The zero-order valence-electron chi connectivity index (χ0n) is 17.4. The number of rotatable bonds is 5. The lowest BCUT2D eigenvalue weighted by molar-refractivity contribution is -0.153. The number of anilines is 1. The van der Waals surface area contributed by atoms with Gasteiger partial charge in [-0.25, -0.2) is 9.97 Å². The van der Waals surface area contributed by atoms with Gasteiger partial charge in [0.05, 0.1) is 18.9 Å². The van der Waals surface area contributed by atoms with Gasteiger partial charge in [-0.3, -0.25) is 9.59 Å². The number of esters is 1. The van der Waals surface area contributed by atoms with Gasteiger partial charge in [0.1, 0.15) is 12.0 Å². The number of hydrogen-bond acceptors (Lipinski definition) is 7. The average Bonchev–Trinajstić information content (AvgIpc) is 2.67. The molecule has 2 aromatic rings. The van der Waals surface area contributed by atoms with Crippen LogP contribution in [0.25, 0.3) is 11.3 Å². The molecule has 0 spiro atoms. The van der Waals surface area contributed by atoms with Crippen LogP contribution in [0.4, 0.5) is 5.95 Å². The largest absolute Gasteiger partial charge is 0.460 e. The molecule has 0 unspecified atom stereocenters. The van der Waals surface area contributed by atoms with Crippen LogP contribution in [0.3, 0.4) is 0 Å². The Balaban J connectivity index is 1.81. The fraction of sp³-hybridized carbons (Fsp3) is 0.455. The van der Waals surface area contributed by atoms with Crippen molar-refractivity contribution in [2.24, 2.45) is 0 Å². The molecular formula is C22H27N3O4. The molecule has 154 valence electrons. The van der Waals surface area contributed by atoms with E-state index in [1.807, 2.05) is 19.1 Å². The summed E-state index contributed by atoms with van der Waals surface area (Å²) in [7, 11) is 0. The van der Waals surface area contributed by atoms with Crippen LogP contribution in [-0.4, -0.2) is 53.6 Å². The van der Waals surface area contributed by atoms with Crippen molar-refractivity contribution in [1.82, 2.24) is 9.97 Å². The number of nitrogens with zero attached hydrogens (tertiary/aromatic N) is 3. The molecule has 1 aliphatic rings. The Bertz CT molecular complexity index is 899. The molecule has 1 fully saturated rings. The van der Waals surface area contributed by atoms with E-state index < -0.39 is 11.6 Å². The third kappa shape index (κ3) is 5.84. The first-order valence-corrected chi connectivity index (χ1v) is 9.75. The molecule has 7 nitrogen and oxygen atoms in total. The average molecular weight is 397 g/mol. The Hall–Kier alpha value is -2.80. The first kappa shape index (κ1) is 20.9. The Morgan fingerprint density at radius 2 is 1.86 bits per heavy atom. The Morgan fingerprint density at radius 1 is 1.14 bits per heavy atom. The predicted octanol–water partition coefficient (Wildman–Crippen LogP) is 3.20. The molecule has 7 heteroatoms. The van der Waals surface area contributed by atoms with E-state index in [1.165, 1.54) is 0 Å². The summed E-state index contributed by atoms with van der Waals surface area (Å²) in [6, 6.07) is 9.05. The van der Waals surface area contributed by atoms with Gasteiger partial charge >= 0.3 is 5.97 Å². The summed E-state index contributed by atoms with van der Waals surface area (Å²) in [5.41, 5.74) is 2.23. The zero-order chi connectivity index (χ0) is 21.0. The first-order chi connectivity index (χ1) is 13.7. The van der Waals surface area contributed by atoms with Gasteiger partial charge in [0.25, 0.3) is 0 Å². The molecule has 0 aliphatic carbocycles. The highest BCUT2D eigenvalue weighted by molar-refractivity contribution is 6.06. The van der Waals surface area contributed by atoms with E-state index in [9.17, 15) is 9.59 Å². The number of carbonyl (C=O) groups excluding carboxylic acids is 2. The monoisotopic (exact) mass is 397 g/mol. The Morgan fingerprint density at radius 3 is 2.55 bits per heavy atom. The van der Waals surface area contributed by atoms with Crippen LogP contribution in [0.2, 0.25) is 0 Å². The standard InChI is InChI=1S/C22H27N3O4/c1-15-12-18(24-21(23-15)25-8-10-28-11-9-25)16-6-5-7-17(13-16)19(26)14-20(27)29-22(2,3)4/h5-7,12-13H,8-11,14H2,1-4H3. The molecule has 29 heavy (non-hydrogen) atoms. The number of ketones is 1. The number of aromatic nitrogens is 2. The summed E-state index contributed by atoms with van der Waals surface area (Å²) in [6.45, 7) is 10.1. The number of hydrogen-bond donors (Lipinski definition) is 0. The number of aryl methyl sites for hydroxylation is 1. The Kier molecular flexibility index (Phi) is 6.27. The highest BCUT2D eigenvalue weighted by Gasteiger charge is 2.20.